The van der Waals surface area contributed by atoms with Crippen LogP contribution in [0.5, 0.6) is 0 Å². The fourth-order valence-electron chi connectivity index (χ4n) is 2.59. The molecule has 0 radical (unpaired) electrons. The maximum Gasteiger partial charge on any atom is 0.340 e. The highest BCUT2D eigenvalue weighted by Gasteiger charge is 2.33. The summed E-state index contributed by atoms with van der Waals surface area (Å²) in [5.41, 5.74) is 1.06. The van der Waals surface area contributed by atoms with Crippen LogP contribution in [0.25, 0.3) is 0 Å². The molecule has 0 amide bonds. The normalized spacial score (nSPS) is 13.5. The summed E-state index contributed by atoms with van der Waals surface area (Å²) in [6.07, 6.45) is 4.32. The minimum absolute atomic E-state index is 0.0228. The zero-order valence-electron chi connectivity index (χ0n) is 13.6. The average molecular weight is 338 g/mol. The predicted molar refractivity (Wildman–Crippen MR) is 86.0 cm³/mol. The minimum Gasteiger partial charge on any atom is -0.492 e. The van der Waals surface area contributed by atoms with Crippen LogP contribution in [0.15, 0.2) is 48.1 Å². The fraction of sp³-hybridized carbons (Fsp3) is 0.167. The van der Waals surface area contributed by atoms with Gasteiger partial charge >= 0.3 is 5.97 Å². The number of allylic oxidation sites excluding steroid dienone is 2. The van der Waals surface area contributed by atoms with E-state index >= 15 is 0 Å². The molecule has 0 spiro atoms. The lowest BCUT2D eigenvalue weighted by Gasteiger charge is -2.19. The van der Waals surface area contributed by atoms with Crippen LogP contribution in [-0.4, -0.2) is 34.6 Å². The van der Waals surface area contributed by atoms with Gasteiger partial charge in [-0.3, -0.25) is 19.6 Å². The van der Waals surface area contributed by atoms with Gasteiger partial charge in [0.1, 0.15) is 6.61 Å². The molecule has 0 N–H and O–H groups in total. The third kappa shape index (κ3) is 2.91. The van der Waals surface area contributed by atoms with Gasteiger partial charge in [-0.15, -0.1) is 0 Å². The number of hydrogen-bond acceptors (Lipinski definition) is 7. The van der Waals surface area contributed by atoms with Gasteiger partial charge < -0.3 is 9.47 Å². The number of rotatable bonds is 4. The fourth-order valence-corrected chi connectivity index (χ4v) is 2.59. The molecule has 0 saturated carbocycles. The lowest BCUT2D eigenvalue weighted by Crippen LogP contribution is -2.24. The third-order valence-electron chi connectivity index (χ3n) is 3.83. The summed E-state index contributed by atoms with van der Waals surface area (Å²) in [5.74, 6) is -1.38. The Morgan fingerprint density at radius 1 is 1.16 bits per heavy atom. The maximum atomic E-state index is 12.6. The standard InChI is InChI=1S/C18H14N2O5/c1-10-15(21)12-5-7-20-13(14(12)16(22)17(10)24-2)9-25-18(23)11-4-3-6-19-8-11/h3-8H,9H2,1-2H3. The summed E-state index contributed by atoms with van der Waals surface area (Å²) >= 11 is 0. The molecule has 0 aliphatic heterocycles. The SMILES string of the molecule is COC1=C(C)C(=O)c2ccnc(COC(=O)c3cccnc3)c2C1=O. The van der Waals surface area contributed by atoms with Crippen molar-refractivity contribution in [1.82, 2.24) is 9.97 Å². The summed E-state index contributed by atoms with van der Waals surface area (Å²) in [6, 6.07) is 4.64. The molecule has 0 unspecified atom stereocenters. The van der Waals surface area contributed by atoms with Gasteiger partial charge in [-0.25, -0.2) is 4.79 Å². The van der Waals surface area contributed by atoms with Crippen LogP contribution in [0.3, 0.4) is 0 Å². The molecular formula is C18H14N2O5. The Labute approximate surface area is 143 Å². The Morgan fingerprint density at radius 2 is 1.96 bits per heavy atom. The number of fused-ring (bicyclic) bond motifs is 1. The monoisotopic (exact) mass is 338 g/mol. The van der Waals surface area contributed by atoms with Crippen molar-refractivity contribution in [3.05, 3.63) is 70.5 Å². The second-order valence-electron chi connectivity index (χ2n) is 5.31. The molecule has 126 valence electrons. The number of carbonyl (C=O) groups excluding carboxylic acids is 3. The summed E-state index contributed by atoms with van der Waals surface area (Å²) in [7, 11) is 1.33. The topological polar surface area (TPSA) is 95.5 Å². The molecule has 0 bridgehead atoms. The number of esters is 1. The predicted octanol–water partition coefficient (Wildman–Crippen LogP) is 2.13. The number of ether oxygens (including phenoxy) is 2. The van der Waals surface area contributed by atoms with Gasteiger partial charge in [-0.2, -0.15) is 0 Å². The largest absolute Gasteiger partial charge is 0.492 e. The van der Waals surface area contributed by atoms with Gasteiger partial charge in [0.25, 0.3) is 0 Å². The summed E-state index contributed by atoms with van der Waals surface area (Å²) in [4.78, 5) is 45.0. The number of hydrogen-bond donors (Lipinski definition) is 0. The Morgan fingerprint density at radius 3 is 2.64 bits per heavy atom. The zero-order chi connectivity index (χ0) is 18.0. The van der Waals surface area contributed by atoms with Gasteiger partial charge in [0.2, 0.25) is 5.78 Å². The van der Waals surface area contributed by atoms with Gasteiger partial charge in [-0.1, -0.05) is 0 Å². The van der Waals surface area contributed by atoms with Crippen molar-refractivity contribution in [2.45, 2.75) is 13.5 Å². The van der Waals surface area contributed by atoms with Crippen LogP contribution in [-0.2, 0) is 16.1 Å². The van der Waals surface area contributed by atoms with E-state index in [0.717, 1.165) is 0 Å². The highest BCUT2D eigenvalue weighted by Crippen LogP contribution is 2.28. The van der Waals surface area contributed by atoms with Crippen LogP contribution in [0.2, 0.25) is 0 Å². The second kappa shape index (κ2) is 6.64. The van der Waals surface area contributed by atoms with Crippen LogP contribution >= 0.6 is 0 Å². The van der Waals surface area contributed by atoms with E-state index in [-0.39, 0.29) is 46.1 Å². The van der Waals surface area contributed by atoms with Crippen LogP contribution in [0.1, 0.15) is 43.7 Å². The number of nitrogens with zero attached hydrogens (tertiary/aromatic N) is 2. The highest BCUT2D eigenvalue weighted by molar-refractivity contribution is 6.26. The van der Waals surface area contributed by atoms with Crippen molar-refractivity contribution in [3.63, 3.8) is 0 Å². The van der Waals surface area contributed by atoms with E-state index in [4.69, 9.17) is 9.47 Å². The Balaban J connectivity index is 1.90. The number of pyridine rings is 2. The summed E-state index contributed by atoms with van der Waals surface area (Å²) < 4.78 is 10.3. The van der Waals surface area contributed by atoms with Crippen LogP contribution < -0.4 is 0 Å². The van der Waals surface area contributed by atoms with E-state index in [1.165, 1.54) is 38.7 Å². The Bertz CT molecular complexity index is 903. The molecule has 2 heterocycles. The van der Waals surface area contributed by atoms with E-state index in [9.17, 15) is 14.4 Å². The molecule has 0 atom stereocenters. The number of aromatic nitrogens is 2. The van der Waals surface area contributed by atoms with E-state index < -0.39 is 11.8 Å². The first kappa shape index (κ1) is 16.5. The molecular weight excluding hydrogens is 324 g/mol. The molecule has 2 aromatic rings. The molecule has 25 heavy (non-hydrogen) atoms. The maximum absolute atomic E-state index is 12.6. The molecule has 2 aromatic heterocycles. The first-order valence-corrected chi connectivity index (χ1v) is 7.44. The zero-order valence-corrected chi connectivity index (χ0v) is 13.6. The van der Waals surface area contributed by atoms with Gasteiger partial charge in [0.05, 0.1) is 23.9 Å². The van der Waals surface area contributed by atoms with E-state index in [0.29, 0.717) is 0 Å². The molecule has 7 nitrogen and oxygen atoms in total. The first-order chi connectivity index (χ1) is 12.0. The van der Waals surface area contributed by atoms with Crippen molar-refractivity contribution < 1.29 is 23.9 Å². The van der Waals surface area contributed by atoms with Crippen molar-refractivity contribution in [1.29, 1.82) is 0 Å². The molecule has 7 heteroatoms. The van der Waals surface area contributed by atoms with Gasteiger partial charge in [0, 0.05) is 29.7 Å². The summed E-state index contributed by atoms with van der Waals surface area (Å²) in [5, 5.41) is 0. The molecule has 0 saturated heterocycles. The van der Waals surface area contributed by atoms with Crippen LogP contribution in [0, 0.1) is 0 Å². The number of ketones is 2. The molecule has 1 aliphatic rings. The second-order valence-corrected chi connectivity index (χ2v) is 5.31. The van der Waals surface area contributed by atoms with Gasteiger partial charge in [0.15, 0.2) is 11.5 Å². The Hall–Kier alpha value is -3.35. The first-order valence-electron chi connectivity index (χ1n) is 7.44. The minimum atomic E-state index is -0.597. The van der Waals surface area contributed by atoms with Crippen molar-refractivity contribution in [2.24, 2.45) is 0 Å². The van der Waals surface area contributed by atoms with Crippen molar-refractivity contribution in [3.8, 4) is 0 Å². The third-order valence-corrected chi connectivity index (χ3v) is 3.83. The van der Waals surface area contributed by atoms with Crippen molar-refractivity contribution in [2.75, 3.05) is 7.11 Å². The van der Waals surface area contributed by atoms with E-state index in [1.54, 1.807) is 12.1 Å². The quantitative estimate of drug-likeness (QED) is 0.788. The molecule has 0 aromatic carbocycles. The average Bonchev–Trinajstić information content (AvgIpc) is 2.65. The molecule has 0 fully saturated rings. The number of methoxy groups -OCH3 is 1. The molecule has 3 rings (SSSR count). The lowest BCUT2D eigenvalue weighted by molar-refractivity contribution is 0.0464. The smallest absolute Gasteiger partial charge is 0.340 e. The van der Waals surface area contributed by atoms with Gasteiger partial charge in [-0.05, 0) is 25.1 Å². The number of carbonyl (C=O) groups is 3. The van der Waals surface area contributed by atoms with Crippen LogP contribution in [0.4, 0.5) is 0 Å². The number of Topliss-reactive ketones (excluding diaryl/α,β-unsaturated/α-hetero) is 2. The lowest BCUT2D eigenvalue weighted by atomic mass is 9.88. The Kier molecular flexibility index (Phi) is 4.38. The molecule has 1 aliphatic carbocycles. The van der Waals surface area contributed by atoms with E-state index in [2.05, 4.69) is 9.97 Å². The summed E-state index contributed by atoms with van der Waals surface area (Å²) in [6.45, 7) is 1.29. The van der Waals surface area contributed by atoms with Crippen molar-refractivity contribution >= 4 is 17.5 Å². The van der Waals surface area contributed by atoms with E-state index in [1.807, 2.05) is 0 Å². The highest BCUT2D eigenvalue weighted by atomic mass is 16.5.